The molecule has 28 heavy (non-hydrogen) atoms. The van der Waals surface area contributed by atoms with Gasteiger partial charge in [-0.2, -0.15) is 0 Å². The van der Waals surface area contributed by atoms with E-state index in [-0.39, 0.29) is 12.4 Å². The van der Waals surface area contributed by atoms with Crippen molar-refractivity contribution in [3.8, 4) is 5.75 Å². The Morgan fingerprint density at radius 1 is 1.04 bits per heavy atom. The predicted octanol–water partition coefficient (Wildman–Crippen LogP) is 5.12. The fourth-order valence-electron chi connectivity index (χ4n) is 3.90. The van der Waals surface area contributed by atoms with E-state index in [0.717, 1.165) is 54.5 Å². The molecule has 3 rings (SSSR count). The van der Waals surface area contributed by atoms with Gasteiger partial charge in [0, 0.05) is 18.1 Å². The second kappa shape index (κ2) is 9.74. The second-order valence-electron chi connectivity index (χ2n) is 7.97. The molecule has 1 fully saturated rings. The maximum Gasteiger partial charge on any atom is 0.142 e. The number of phenolic OH excluding ortho intramolecular Hbond substituents is 1. The van der Waals surface area contributed by atoms with Crippen LogP contribution in [0, 0.1) is 25.7 Å². The number of phenols is 1. The fraction of sp³-hybridized carbons (Fsp3) is 0.458. The molecule has 0 aliphatic heterocycles. The van der Waals surface area contributed by atoms with Crippen LogP contribution in [0.1, 0.15) is 54.4 Å². The number of aromatic hydroxyl groups is 1. The van der Waals surface area contributed by atoms with Crippen molar-refractivity contribution in [2.45, 2.75) is 52.6 Å². The Hall–Kier alpha value is -2.33. The number of benzene rings is 2. The van der Waals surface area contributed by atoms with Gasteiger partial charge in [-0.25, -0.2) is 0 Å². The largest absolute Gasteiger partial charge is 0.508 e. The van der Waals surface area contributed by atoms with Crippen LogP contribution in [-0.2, 0) is 11.4 Å². The zero-order valence-corrected chi connectivity index (χ0v) is 16.9. The van der Waals surface area contributed by atoms with E-state index < -0.39 is 0 Å². The number of aliphatic hydroxyl groups excluding tert-OH is 1. The molecule has 2 aromatic rings. The first-order valence-corrected chi connectivity index (χ1v) is 10.2. The molecule has 0 radical (unpaired) electrons. The van der Waals surface area contributed by atoms with Gasteiger partial charge in [-0.1, -0.05) is 47.1 Å². The molecule has 150 valence electrons. The maximum atomic E-state index is 10.2. The minimum absolute atomic E-state index is 0.266. The van der Waals surface area contributed by atoms with Gasteiger partial charge in [0.15, 0.2) is 0 Å². The SMILES string of the molecule is Cc1ccc(CON=C(c2ccc(C)c(O)c2)[C@H]2CC[C@@H](CCO)CC2)cc1. The number of oxime groups is 1. The molecule has 0 heterocycles. The third kappa shape index (κ3) is 5.35. The second-order valence-corrected chi connectivity index (χ2v) is 7.97. The topological polar surface area (TPSA) is 62.0 Å². The highest BCUT2D eigenvalue weighted by Crippen LogP contribution is 2.34. The summed E-state index contributed by atoms with van der Waals surface area (Å²) in [4.78, 5) is 5.74. The standard InChI is InChI=1S/C24H31NO3/c1-17-3-6-20(7-4-17)16-28-25-24(22-10-5-18(2)23(27)15-22)21-11-8-19(9-12-21)13-14-26/h3-7,10,15,19,21,26-27H,8-9,11-14,16H2,1-2H3/t19-,21+. The molecule has 0 saturated heterocycles. The van der Waals surface area contributed by atoms with Gasteiger partial charge < -0.3 is 15.1 Å². The molecule has 1 aliphatic rings. The number of nitrogens with zero attached hydrogens (tertiary/aromatic N) is 1. The van der Waals surface area contributed by atoms with Crippen molar-refractivity contribution in [2.24, 2.45) is 17.0 Å². The van der Waals surface area contributed by atoms with Crippen LogP contribution in [0.4, 0.5) is 0 Å². The Morgan fingerprint density at radius 3 is 2.39 bits per heavy atom. The molecule has 1 saturated carbocycles. The zero-order valence-electron chi connectivity index (χ0n) is 16.9. The smallest absolute Gasteiger partial charge is 0.142 e. The van der Waals surface area contributed by atoms with E-state index >= 15 is 0 Å². The van der Waals surface area contributed by atoms with Crippen molar-refractivity contribution in [3.05, 3.63) is 64.7 Å². The first-order valence-electron chi connectivity index (χ1n) is 10.2. The van der Waals surface area contributed by atoms with Crippen LogP contribution < -0.4 is 0 Å². The summed E-state index contributed by atoms with van der Waals surface area (Å²) >= 11 is 0. The van der Waals surface area contributed by atoms with Gasteiger partial charge >= 0.3 is 0 Å². The average Bonchev–Trinajstić information content (AvgIpc) is 2.70. The molecule has 0 aromatic heterocycles. The van der Waals surface area contributed by atoms with E-state index in [4.69, 9.17) is 4.84 Å². The minimum atomic E-state index is 0.266. The summed E-state index contributed by atoms with van der Waals surface area (Å²) in [6, 6.07) is 14.0. The maximum absolute atomic E-state index is 10.2. The first-order chi connectivity index (χ1) is 13.6. The summed E-state index contributed by atoms with van der Waals surface area (Å²) in [5.41, 5.74) is 5.02. The van der Waals surface area contributed by atoms with Gasteiger partial charge in [0.05, 0.1) is 5.71 Å². The fourth-order valence-corrected chi connectivity index (χ4v) is 3.90. The third-order valence-corrected chi connectivity index (χ3v) is 5.79. The number of hydrogen-bond acceptors (Lipinski definition) is 4. The molecular weight excluding hydrogens is 350 g/mol. The third-order valence-electron chi connectivity index (χ3n) is 5.79. The lowest BCUT2D eigenvalue weighted by molar-refractivity contribution is 0.127. The first kappa shape index (κ1) is 20.4. The molecule has 2 N–H and O–H groups in total. The van der Waals surface area contributed by atoms with Crippen molar-refractivity contribution < 1.29 is 15.1 Å². The van der Waals surface area contributed by atoms with Crippen molar-refractivity contribution in [2.75, 3.05) is 6.61 Å². The summed E-state index contributed by atoms with van der Waals surface area (Å²) in [7, 11) is 0. The minimum Gasteiger partial charge on any atom is -0.508 e. The zero-order chi connectivity index (χ0) is 19.9. The monoisotopic (exact) mass is 381 g/mol. The van der Waals surface area contributed by atoms with Crippen molar-refractivity contribution in [1.82, 2.24) is 0 Å². The Kier molecular flexibility index (Phi) is 7.10. The lowest BCUT2D eigenvalue weighted by atomic mass is 9.77. The lowest BCUT2D eigenvalue weighted by Crippen LogP contribution is -2.23. The van der Waals surface area contributed by atoms with Gasteiger partial charge in [0.25, 0.3) is 0 Å². The van der Waals surface area contributed by atoms with Gasteiger partial charge in [-0.15, -0.1) is 0 Å². The van der Waals surface area contributed by atoms with Crippen molar-refractivity contribution in [1.29, 1.82) is 0 Å². The van der Waals surface area contributed by atoms with Crippen LogP contribution in [0.2, 0.25) is 0 Å². The molecule has 0 bridgehead atoms. The molecule has 1 aliphatic carbocycles. The highest BCUT2D eigenvalue weighted by Gasteiger charge is 2.26. The quantitative estimate of drug-likeness (QED) is 0.517. The normalized spacial score (nSPS) is 20.2. The molecule has 4 nitrogen and oxygen atoms in total. The van der Waals surface area contributed by atoms with Gasteiger partial charge in [-0.05, 0) is 69.1 Å². The molecule has 0 spiro atoms. The Morgan fingerprint density at radius 2 is 1.75 bits per heavy atom. The van der Waals surface area contributed by atoms with E-state index in [9.17, 15) is 10.2 Å². The van der Waals surface area contributed by atoms with Crippen LogP contribution in [0.25, 0.3) is 0 Å². The summed E-state index contributed by atoms with van der Waals surface area (Å²) < 4.78 is 0. The van der Waals surface area contributed by atoms with Crippen molar-refractivity contribution in [3.63, 3.8) is 0 Å². The molecule has 2 aromatic carbocycles. The highest BCUT2D eigenvalue weighted by molar-refractivity contribution is 6.02. The van der Waals surface area contributed by atoms with E-state index in [1.165, 1.54) is 5.56 Å². The molecule has 0 amide bonds. The van der Waals surface area contributed by atoms with Gasteiger partial charge in [-0.3, -0.25) is 0 Å². The van der Waals surface area contributed by atoms with Crippen LogP contribution in [0.5, 0.6) is 5.75 Å². The highest BCUT2D eigenvalue weighted by atomic mass is 16.6. The molecule has 0 atom stereocenters. The molecular formula is C24H31NO3. The number of aliphatic hydroxyl groups is 1. The Bertz CT molecular complexity index is 790. The van der Waals surface area contributed by atoms with Crippen LogP contribution in [0.15, 0.2) is 47.6 Å². The summed E-state index contributed by atoms with van der Waals surface area (Å²) in [5.74, 6) is 1.20. The number of rotatable bonds is 7. The molecule has 0 unspecified atom stereocenters. The number of hydrogen-bond donors (Lipinski definition) is 2. The summed E-state index contributed by atoms with van der Waals surface area (Å²) in [6.07, 6.45) is 5.15. The lowest BCUT2D eigenvalue weighted by Gasteiger charge is -2.29. The average molecular weight is 382 g/mol. The summed E-state index contributed by atoms with van der Waals surface area (Å²) in [6.45, 7) is 4.66. The van der Waals surface area contributed by atoms with E-state index in [0.29, 0.717) is 18.4 Å². The van der Waals surface area contributed by atoms with Crippen LogP contribution in [0.3, 0.4) is 0 Å². The van der Waals surface area contributed by atoms with Gasteiger partial charge in [0.1, 0.15) is 12.4 Å². The van der Waals surface area contributed by atoms with Crippen molar-refractivity contribution >= 4 is 5.71 Å². The van der Waals surface area contributed by atoms with Gasteiger partial charge in [0.2, 0.25) is 0 Å². The number of aryl methyl sites for hydroxylation is 2. The predicted molar refractivity (Wildman–Crippen MR) is 112 cm³/mol. The van der Waals surface area contributed by atoms with Crippen LogP contribution >= 0.6 is 0 Å². The summed E-state index contributed by atoms with van der Waals surface area (Å²) in [5, 5.41) is 23.9. The van der Waals surface area contributed by atoms with E-state index in [1.54, 1.807) is 6.07 Å². The van der Waals surface area contributed by atoms with Crippen LogP contribution in [-0.4, -0.2) is 22.5 Å². The molecule has 4 heteroatoms. The Labute approximate surface area is 167 Å². The van der Waals surface area contributed by atoms with E-state index in [1.807, 2.05) is 19.1 Å². The van der Waals surface area contributed by atoms with E-state index in [2.05, 4.69) is 36.3 Å². The Balaban J connectivity index is 1.75.